The molecule has 8 nitrogen and oxygen atoms in total. The molecule has 1 saturated heterocycles. The molecule has 0 atom stereocenters. The van der Waals surface area contributed by atoms with Gasteiger partial charge in [-0.1, -0.05) is 0 Å². The molecule has 1 amide bonds. The molecule has 2 fully saturated rings. The molecule has 4 rings (SSSR count). The number of hydrogen-bond donors (Lipinski definition) is 0. The number of rotatable bonds is 6. The average molecular weight is 425 g/mol. The number of carbonyl (C=O) groups is 1. The molecule has 31 heavy (non-hydrogen) atoms. The van der Waals surface area contributed by atoms with E-state index in [0.29, 0.717) is 43.2 Å². The van der Waals surface area contributed by atoms with Crippen LogP contribution in [-0.2, 0) is 0 Å². The first-order valence-electron chi connectivity index (χ1n) is 10.7. The maximum absolute atomic E-state index is 13.0. The van der Waals surface area contributed by atoms with E-state index in [9.17, 15) is 14.9 Å². The smallest absolute Gasteiger partial charge is 0.269 e. The molecule has 164 valence electrons. The summed E-state index contributed by atoms with van der Waals surface area (Å²) in [4.78, 5) is 27.4. The second kappa shape index (κ2) is 9.24. The Balaban J connectivity index is 1.38. The Hall–Kier alpha value is -3.29. The lowest BCUT2D eigenvalue weighted by Crippen LogP contribution is -2.48. The molecule has 1 saturated carbocycles. The zero-order chi connectivity index (χ0) is 21.8. The predicted octanol–water partition coefficient (Wildman–Crippen LogP) is 3.89. The van der Waals surface area contributed by atoms with Gasteiger partial charge >= 0.3 is 0 Å². The van der Waals surface area contributed by atoms with E-state index in [-0.39, 0.29) is 17.7 Å². The third-order valence-corrected chi connectivity index (χ3v) is 6.00. The molecular weight excluding hydrogens is 398 g/mol. The number of benzene rings is 2. The number of nitro groups is 1. The van der Waals surface area contributed by atoms with Gasteiger partial charge in [0.15, 0.2) is 11.5 Å². The van der Waals surface area contributed by atoms with Gasteiger partial charge in [0.2, 0.25) is 0 Å². The second-order valence-corrected chi connectivity index (χ2v) is 7.94. The second-order valence-electron chi connectivity index (χ2n) is 7.94. The van der Waals surface area contributed by atoms with E-state index in [2.05, 4.69) is 4.90 Å². The van der Waals surface area contributed by atoms with Crippen molar-refractivity contribution in [2.45, 2.75) is 31.8 Å². The van der Waals surface area contributed by atoms with Crippen LogP contribution in [0.3, 0.4) is 0 Å². The maximum atomic E-state index is 13.0. The van der Waals surface area contributed by atoms with Gasteiger partial charge in [-0.15, -0.1) is 0 Å². The highest BCUT2D eigenvalue weighted by molar-refractivity contribution is 5.95. The minimum Gasteiger partial charge on any atom is -0.493 e. The van der Waals surface area contributed by atoms with Crippen molar-refractivity contribution in [3.05, 3.63) is 58.1 Å². The predicted molar refractivity (Wildman–Crippen MR) is 117 cm³/mol. The van der Waals surface area contributed by atoms with E-state index in [0.717, 1.165) is 18.5 Å². The lowest BCUT2D eigenvalue weighted by molar-refractivity contribution is -0.384. The molecule has 0 N–H and O–H groups in total. The number of methoxy groups -OCH3 is 1. The third kappa shape index (κ3) is 4.73. The molecule has 0 unspecified atom stereocenters. The van der Waals surface area contributed by atoms with Crippen LogP contribution in [0.25, 0.3) is 0 Å². The van der Waals surface area contributed by atoms with Crippen molar-refractivity contribution in [1.82, 2.24) is 4.90 Å². The van der Waals surface area contributed by atoms with E-state index in [1.165, 1.54) is 25.0 Å². The third-order valence-electron chi connectivity index (χ3n) is 6.00. The number of ether oxygens (including phenoxy) is 2. The summed E-state index contributed by atoms with van der Waals surface area (Å²) in [5.41, 5.74) is 1.58. The number of non-ortho nitro benzene ring substituents is 1. The minimum absolute atomic E-state index is 0.0333. The Morgan fingerprint density at radius 3 is 2.29 bits per heavy atom. The van der Waals surface area contributed by atoms with E-state index < -0.39 is 4.92 Å². The summed E-state index contributed by atoms with van der Waals surface area (Å²) < 4.78 is 11.5. The van der Waals surface area contributed by atoms with Crippen LogP contribution in [0.15, 0.2) is 42.5 Å². The lowest BCUT2D eigenvalue weighted by Gasteiger charge is -2.36. The van der Waals surface area contributed by atoms with Gasteiger partial charge in [-0.3, -0.25) is 14.9 Å². The van der Waals surface area contributed by atoms with Gasteiger partial charge in [0.05, 0.1) is 18.1 Å². The summed E-state index contributed by atoms with van der Waals surface area (Å²) in [6.45, 7) is 2.50. The molecule has 8 heteroatoms. The number of amides is 1. The first-order valence-corrected chi connectivity index (χ1v) is 10.7. The van der Waals surface area contributed by atoms with Crippen molar-refractivity contribution in [2.75, 3.05) is 38.2 Å². The van der Waals surface area contributed by atoms with Crippen LogP contribution >= 0.6 is 0 Å². The van der Waals surface area contributed by atoms with E-state index in [1.807, 2.05) is 11.0 Å². The van der Waals surface area contributed by atoms with Gasteiger partial charge in [-0.25, -0.2) is 0 Å². The fourth-order valence-electron chi connectivity index (χ4n) is 4.22. The summed E-state index contributed by atoms with van der Waals surface area (Å²) in [6, 6.07) is 11.9. The molecule has 0 spiro atoms. The molecule has 1 heterocycles. The highest BCUT2D eigenvalue weighted by Crippen LogP contribution is 2.33. The summed E-state index contributed by atoms with van der Waals surface area (Å²) in [5.74, 6) is 1.24. The Morgan fingerprint density at radius 2 is 1.68 bits per heavy atom. The molecule has 2 aromatic rings. The van der Waals surface area contributed by atoms with E-state index in [1.54, 1.807) is 31.4 Å². The number of piperazine rings is 1. The first-order chi connectivity index (χ1) is 15.0. The van der Waals surface area contributed by atoms with Crippen molar-refractivity contribution in [3.8, 4) is 11.5 Å². The van der Waals surface area contributed by atoms with Gasteiger partial charge in [-0.05, 0) is 56.0 Å². The summed E-state index contributed by atoms with van der Waals surface area (Å²) in [7, 11) is 1.59. The van der Waals surface area contributed by atoms with Gasteiger partial charge in [0, 0.05) is 49.6 Å². The number of hydrogen-bond acceptors (Lipinski definition) is 6. The molecule has 1 aliphatic heterocycles. The van der Waals surface area contributed by atoms with Crippen LogP contribution < -0.4 is 14.4 Å². The maximum Gasteiger partial charge on any atom is 0.269 e. The Bertz CT molecular complexity index is 933. The monoisotopic (exact) mass is 425 g/mol. The largest absolute Gasteiger partial charge is 0.493 e. The Labute approximate surface area is 181 Å². The standard InChI is InChI=1S/C23H27N3O5/c1-30-22-16-17(6-11-21(22)31-20-4-2-3-5-20)23(27)25-14-12-24(13-15-25)18-7-9-19(10-8-18)26(28)29/h6-11,16,20H,2-5,12-15H2,1H3. The van der Waals surface area contributed by atoms with Crippen molar-refractivity contribution in [1.29, 1.82) is 0 Å². The summed E-state index contributed by atoms with van der Waals surface area (Å²) in [6.07, 6.45) is 4.72. The van der Waals surface area contributed by atoms with E-state index >= 15 is 0 Å². The molecular formula is C23H27N3O5. The van der Waals surface area contributed by atoms with Crippen LogP contribution in [0.5, 0.6) is 11.5 Å². The van der Waals surface area contributed by atoms with Gasteiger partial charge < -0.3 is 19.3 Å². The van der Waals surface area contributed by atoms with Crippen molar-refractivity contribution in [2.24, 2.45) is 0 Å². The Morgan fingerprint density at radius 1 is 1.00 bits per heavy atom. The summed E-state index contributed by atoms with van der Waals surface area (Å²) >= 11 is 0. The van der Waals surface area contributed by atoms with Crippen LogP contribution in [0, 0.1) is 10.1 Å². The quantitative estimate of drug-likeness (QED) is 0.516. The van der Waals surface area contributed by atoms with Gasteiger partial charge in [0.1, 0.15) is 0 Å². The number of carbonyl (C=O) groups excluding carboxylic acids is 1. The highest BCUT2D eigenvalue weighted by Gasteiger charge is 2.24. The number of nitrogens with zero attached hydrogens (tertiary/aromatic N) is 3. The van der Waals surface area contributed by atoms with Crippen molar-refractivity contribution >= 4 is 17.3 Å². The number of anilines is 1. The molecule has 0 radical (unpaired) electrons. The first kappa shape index (κ1) is 21.0. The zero-order valence-electron chi connectivity index (χ0n) is 17.7. The van der Waals surface area contributed by atoms with Crippen LogP contribution in [0.2, 0.25) is 0 Å². The summed E-state index contributed by atoms with van der Waals surface area (Å²) in [5, 5.41) is 10.8. The number of nitro benzene ring substituents is 1. The normalized spacial score (nSPS) is 16.9. The molecule has 2 aromatic carbocycles. The fourth-order valence-corrected chi connectivity index (χ4v) is 4.22. The topological polar surface area (TPSA) is 85.2 Å². The van der Waals surface area contributed by atoms with Crippen molar-refractivity contribution < 1.29 is 19.2 Å². The average Bonchev–Trinajstić information content (AvgIpc) is 3.32. The highest BCUT2D eigenvalue weighted by atomic mass is 16.6. The van der Waals surface area contributed by atoms with Gasteiger partial charge in [0.25, 0.3) is 11.6 Å². The lowest BCUT2D eigenvalue weighted by atomic mass is 10.1. The van der Waals surface area contributed by atoms with Gasteiger partial charge in [-0.2, -0.15) is 0 Å². The zero-order valence-corrected chi connectivity index (χ0v) is 17.7. The van der Waals surface area contributed by atoms with Crippen LogP contribution in [-0.4, -0.2) is 55.1 Å². The van der Waals surface area contributed by atoms with Crippen molar-refractivity contribution in [3.63, 3.8) is 0 Å². The Kier molecular flexibility index (Phi) is 6.25. The SMILES string of the molecule is COc1cc(C(=O)N2CCN(c3ccc([N+](=O)[O-])cc3)CC2)ccc1OC1CCCC1. The van der Waals surface area contributed by atoms with Crippen LogP contribution in [0.4, 0.5) is 11.4 Å². The minimum atomic E-state index is -0.404. The van der Waals surface area contributed by atoms with E-state index in [4.69, 9.17) is 9.47 Å². The molecule has 2 aliphatic rings. The fraction of sp³-hybridized carbons (Fsp3) is 0.435. The van der Waals surface area contributed by atoms with Crippen LogP contribution in [0.1, 0.15) is 36.0 Å². The molecule has 0 bridgehead atoms. The molecule has 0 aromatic heterocycles. The molecule has 1 aliphatic carbocycles.